The number of hydrogen-bond acceptors (Lipinski definition) is 5. The van der Waals surface area contributed by atoms with E-state index in [9.17, 15) is 0 Å². The van der Waals surface area contributed by atoms with Crippen molar-refractivity contribution in [3.8, 4) is 11.3 Å². The molecule has 5 nitrogen and oxygen atoms in total. The number of benzene rings is 2. The van der Waals surface area contributed by atoms with Gasteiger partial charge in [-0.15, -0.1) is 0 Å². The number of aromatic nitrogens is 2. The van der Waals surface area contributed by atoms with E-state index >= 15 is 0 Å². The lowest BCUT2D eigenvalue weighted by molar-refractivity contribution is 0.425. The van der Waals surface area contributed by atoms with Gasteiger partial charge in [-0.1, -0.05) is 47.6 Å². The summed E-state index contributed by atoms with van der Waals surface area (Å²) in [7, 11) is 0. The molecule has 0 fully saturated rings. The molecule has 2 heterocycles. The molecule has 0 radical (unpaired) electrons. The van der Waals surface area contributed by atoms with Crippen LogP contribution in [0.3, 0.4) is 0 Å². The van der Waals surface area contributed by atoms with Crippen molar-refractivity contribution in [3.63, 3.8) is 0 Å². The summed E-state index contributed by atoms with van der Waals surface area (Å²) in [6.45, 7) is 0.805. The van der Waals surface area contributed by atoms with Crippen molar-refractivity contribution >= 4 is 11.5 Å². The molecule has 0 aliphatic heterocycles. The zero-order chi connectivity index (χ0) is 18.5. The van der Waals surface area contributed by atoms with E-state index in [2.05, 4.69) is 51.9 Å². The van der Waals surface area contributed by atoms with Crippen LogP contribution in [0, 0.1) is 0 Å². The van der Waals surface area contributed by atoms with Crippen molar-refractivity contribution in [2.75, 3.05) is 11.1 Å². The van der Waals surface area contributed by atoms with Gasteiger partial charge in [0.1, 0.15) is 5.82 Å². The van der Waals surface area contributed by atoms with Crippen molar-refractivity contribution in [2.24, 2.45) is 0 Å². The van der Waals surface area contributed by atoms with Crippen LogP contribution in [-0.2, 0) is 13.0 Å². The molecule has 2 aromatic heterocycles. The molecule has 0 atom stereocenters. The van der Waals surface area contributed by atoms with Gasteiger partial charge in [0.2, 0.25) is 0 Å². The Labute approximate surface area is 157 Å². The molecule has 0 amide bonds. The van der Waals surface area contributed by atoms with Crippen molar-refractivity contribution in [2.45, 2.75) is 13.0 Å². The highest BCUT2D eigenvalue weighted by Gasteiger charge is 2.10. The van der Waals surface area contributed by atoms with Gasteiger partial charge in [0.15, 0.2) is 5.76 Å². The molecular formula is C22H20N4O. The number of hydrogen-bond donors (Lipinski definition) is 2. The van der Waals surface area contributed by atoms with Crippen LogP contribution in [0.1, 0.15) is 16.8 Å². The van der Waals surface area contributed by atoms with Crippen LogP contribution in [0.25, 0.3) is 11.3 Å². The number of anilines is 2. The Morgan fingerprint density at radius 3 is 2.48 bits per heavy atom. The SMILES string of the molecule is Nc1ncccc1-c1cc(Cc2ccc(NCc3ccccc3)cc2)no1. The average Bonchev–Trinajstić information content (AvgIpc) is 3.17. The molecule has 4 aromatic rings. The molecule has 0 spiro atoms. The van der Waals surface area contributed by atoms with Crippen LogP contribution < -0.4 is 11.1 Å². The Morgan fingerprint density at radius 2 is 1.70 bits per heavy atom. The Hall–Kier alpha value is -3.60. The Kier molecular flexibility index (Phi) is 4.83. The van der Waals surface area contributed by atoms with Crippen LogP contribution in [-0.4, -0.2) is 10.1 Å². The van der Waals surface area contributed by atoms with Crippen molar-refractivity contribution in [1.82, 2.24) is 10.1 Å². The Balaban J connectivity index is 1.39. The van der Waals surface area contributed by atoms with Gasteiger partial charge < -0.3 is 15.6 Å². The van der Waals surface area contributed by atoms with E-state index in [-0.39, 0.29) is 0 Å². The number of nitrogens with zero attached hydrogens (tertiary/aromatic N) is 2. The van der Waals surface area contributed by atoms with E-state index in [4.69, 9.17) is 10.3 Å². The predicted octanol–water partition coefficient (Wildman–Crippen LogP) is 4.52. The number of pyridine rings is 1. The van der Waals surface area contributed by atoms with Crippen molar-refractivity contribution in [3.05, 3.63) is 95.8 Å². The van der Waals surface area contributed by atoms with E-state index in [0.29, 0.717) is 18.0 Å². The lowest BCUT2D eigenvalue weighted by atomic mass is 10.1. The second-order valence-electron chi connectivity index (χ2n) is 6.33. The molecule has 0 aliphatic carbocycles. The van der Waals surface area contributed by atoms with E-state index in [0.717, 1.165) is 23.5 Å². The van der Waals surface area contributed by atoms with Gasteiger partial charge in [-0.3, -0.25) is 0 Å². The van der Waals surface area contributed by atoms with Gasteiger partial charge in [0, 0.05) is 30.9 Å². The Bertz CT molecular complexity index is 1010. The van der Waals surface area contributed by atoms with E-state index in [1.165, 1.54) is 11.1 Å². The minimum atomic E-state index is 0.439. The highest BCUT2D eigenvalue weighted by molar-refractivity contribution is 5.69. The van der Waals surface area contributed by atoms with Crippen LogP contribution in [0.15, 0.2) is 83.5 Å². The fraction of sp³-hybridized carbons (Fsp3) is 0.0909. The first-order chi connectivity index (χ1) is 13.3. The maximum Gasteiger partial charge on any atom is 0.170 e. The molecule has 0 saturated carbocycles. The van der Waals surface area contributed by atoms with Crippen molar-refractivity contribution in [1.29, 1.82) is 0 Å². The summed E-state index contributed by atoms with van der Waals surface area (Å²) < 4.78 is 5.43. The smallest absolute Gasteiger partial charge is 0.170 e. The second-order valence-corrected chi connectivity index (χ2v) is 6.33. The molecule has 0 bridgehead atoms. The van der Waals surface area contributed by atoms with Gasteiger partial charge in [0.25, 0.3) is 0 Å². The van der Waals surface area contributed by atoms with E-state index in [1.807, 2.05) is 36.4 Å². The molecule has 3 N–H and O–H groups in total. The standard InChI is InChI=1S/C22H20N4O/c23-22-20(7-4-12-24-22)21-14-19(26-27-21)13-16-8-10-18(11-9-16)25-15-17-5-2-1-3-6-17/h1-12,14,25H,13,15H2,(H2,23,24). The van der Waals surface area contributed by atoms with Gasteiger partial charge >= 0.3 is 0 Å². The quantitative estimate of drug-likeness (QED) is 0.531. The van der Waals surface area contributed by atoms with Crippen LogP contribution >= 0.6 is 0 Å². The summed E-state index contributed by atoms with van der Waals surface area (Å²) >= 11 is 0. The number of nitrogens with one attached hydrogen (secondary N) is 1. The molecule has 4 rings (SSSR count). The molecule has 5 heteroatoms. The zero-order valence-corrected chi connectivity index (χ0v) is 14.8. The minimum Gasteiger partial charge on any atom is -0.383 e. The van der Waals surface area contributed by atoms with Gasteiger partial charge in [-0.25, -0.2) is 4.98 Å². The second kappa shape index (κ2) is 7.74. The normalized spacial score (nSPS) is 10.7. The number of nitrogen functional groups attached to an aromatic ring is 1. The predicted molar refractivity (Wildman–Crippen MR) is 107 cm³/mol. The average molecular weight is 356 g/mol. The third-order valence-electron chi connectivity index (χ3n) is 4.34. The van der Waals surface area contributed by atoms with Crippen LogP contribution in [0.2, 0.25) is 0 Å². The van der Waals surface area contributed by atoms with Crippen LogP contribution in [0.5, 0.6) is 0 Å². The van der Waals surface area contributed by atoms with E-state index < -0.39 is 0 Å². The monoisotopic (exact) mass is 356 g/mol. The molecule has 0 unspecified atom stereocenters. The van der Waals surface area contributed by atoms with Crippen molar-refractivity contribution < 1.29 is 4.52 Å². The largest absolute Gasteiger partial charge is 0.383 e. The summed E-state index contributed by atoms with van der Waals surface area (Å²) in [5, 5.41) is 7.58. The molecule has 0 aliphatic rings. The molecule has 2 aromatic carbocycles. The first kappa shape index (κ1) is 16.8. The Morgan fingerprint density at radius 1 is 0.889 bits per heavy atom. The topological polar surface area (TPSA) is 77.0 Å². The maximum atomic E-state index is 5.90. The summed E-state index contributed by atoms with van der Waals surface area (Å²) in [6.07, 6.45) is 2.35. The molecule has 27 heavy (non-hydrogen) atoms. The minimum absolute atomic E-state index is 0.439. The maximum absolute atomic E-state index is 5.90. The van der Waals surface area contributed by atoms with Gasteiger partial charge in [-0.05, 0) is 35.4 Å². The van der Waals surface area contributed by atoms with Crippen LogP contribution in [0.4, 0.5) is 11.5 Å². The lowest BCUT2D eigenvalue weighted by Crippen LogP contribution is -1.99. The van der Waals surface area contributed by atoms with Gasteiger partial charge in [-0.2, -0.15) is 0 Å². The summed E-state index contributed by atoms with van der Waals surface area (Å²) in [6, 6.07) is 24.3. The third kappa shape index (κ3) is 4.15. The highest BCUT2D eigenvalue weighted by Crippen LogP contribution is 2.25. The first-order valence-corrected chi connectivity index (χ1v) is 8.81. The summed E-state index contributed by atoms with van der Waals surface area (Å²) in [5.41, 5.74) is 11.0. The molecular weight excluding hydrogens is 336 g/mol. The summed E-state index contributed by atoms with van der Waals surface area (Å²) in [4.78, 5) is 4.08. The fourth-order valence-corrected chi connectivity index (χ4v) is 2.90. The molecule has 0 saturated heterocycles. The lowest BCUT2D eigenvalue weighted by Gasteiger charge is -2.07. The first-order valence-electron chi connectivity index (χ1n) is 8.81. The highest BCUT2D eigenvalue weighted by atomic mass is 16.5. The zero-order valence-electron chi connectivity index (χ0n) is 14.8. The third-order valence-corrected chi connectivity index (χ3v) is 4.34. The summed E-state index contributed by atoms with van der Waals surface area (Å²) in [5.74, 6) is 1.07. The fourth-order valence-electron chi connectivity index (χ4n) is 2.90. The number of rotatable bonds is 6. The van der Waals surface area contributed by atoms with Gasteiger partial charge in [0.05, 0.1) is 11.3 Å². The number of nitrogens with two attached hydrogens (primary N) is 1. The molecule has 134 valence electrons. The van der Waals surface area contributed by atoms with E-state index in [1.54, 1.807) is 6.20 Å².